The van der Waals surface area contributed by atoms with Crippen molar-refractivity contribution in [1.82, 2.24) is 15.7 Å². The first-order valence-electron chi connectivity index (χ1n) is 6.99. The molecule has 0 atom stereocenters. The van der Waals surface area contributed by atoms with Gasteiger partial charge in [0.05, 0.1) is 5.52 Å². The third kappa shape index (κ3) is 3.92. The second-order valence-corrected chi connectivity index (χ2v) is 4.39. The monoisotopic (exact) mass is 302 g/mol. The number of nitrogens with one attached hydrogen (secondary N) is 2. The molecular weight excluding hydrogens is 280 g/mol. The molecule has 1 aromatic heterocycles. The van der Waals surface area contributed by atoms with Gasteiger partial charge in [0.2, 0.25) is 5.96 Å². The van der Waals surface area contributed by atoms with Gasteiger partial charge in [0.15, 0.2) is 0 Å². The first-order valence-corrected chi connectivity index (χ1v) is 6.99. The van der Waals surface area contributed by atoms with Gasteiger partial charge >= 0.3 is 0 Å². The van der Waals surface area contributed by atoms with Crippen LogP contribution in [0.15, 0.2) is 29.4 Å². The van der Waals surface area contributed by atoms with Crippen LogP contribution in [0.5, 0.6) is 0 Å². The third-order valence-electron chi connectivity index (χ3n) is 2.90. The summed E-state index contributed by atoms with van der Waals surface area (Å²) in [5.41, 5.74) is 5.42. The lowest BCUT2D eigenvalue weighted by molar-refractivity contribution is 0.0976. The van der Waals surface area contributed by atoms with Crippen LogP contribution < -0.4 is 22.4 Å². The summed E-state index contributed by atoms with van der Waals surface area (Å²) in [4.78, 5) is 16.4. The second kappa shape index (κ2) is 7.94. The normalized spacial score (nSPS) is 10.7. The molecule has 0 unspecified atom stereocenters. The predicted octanol–water partition coefficient (Wildman–Crippen LogP) is 1.30. The van der Waals surface area contributed by atoms with E-state index in [9.17, 15) is 4.79 Å². The number of nitrogens with zero attached hydrogens (tertiary/aromatic N) is 2. The molecule has 0 spiro atoms. The van der Waals surface area contributed by atoms with Gasteiger partial charge in [0.1, 0.15) is 0 Å². The number of nitrogens with two attached hydrogens (primary N) is 2. The number of carbonyl (C=O) groups excluding carboxylic acids is 1. The summed E-state index contributed by atoms with van der Waals surface area (Å²) in [5.74, 6) is 9.83. The van der Waals surface area contributed by atoms with Gasteiger partial charge < -0.3 is 5.84 Å². The van der Waals surface area contributed by atoms with Gasteiger partial charge in [-0.2, -0.15) is 0 Å². The van der Waals surface area contributed by atoms with E-state index in [0.29, 0.717) is 5.56 Å². The standard InChI is InChI=1S/C13H16N6O.C2H6/c1-7-5-8(2)16-11-6-9(3-4-10(7)11)12(20)17-13(18-14)19-15;1-2/h3-6H,14-15H2,1-2H3,(H2,17,18,19,20);1-2H3. The number of benzene rings is 1. The first kappa shape index (κ1) is 17.4. The molecule has 2 rings (SSSR count). The maximum Gasteiger partial charge on any atom is 0.258 e. The van der Waals surface area contributed by atoms with Gasteiger partial charge in [0.25, 0.3) is 5.91 Å². The average Bonchev–Trinajstić information content (AvgIpc) is 2.53. The average molecular weight is 302 g/mol. The highest BCUT2D eigenvalue weighted by atomic mass is 16.1. The minimum absolute atomic E-state index is 0.0107. The van der Waals surface area contributed by atoms with Gasteiger partial charge in [-0.05, 0) is 37.6 Å². The minimum atomic E-state index is -0.366. The van der Waals surface area contributed by atoms with Crippen LogP contribution >= 0.6 is 0 Å². The Bertz CT molecular complexity index is 696. The fourth-order valence-electron chi connectivity index (χ4n) is 2.00. The Morgan fingerprint density at radius 2 is 1.91 bits per heavy atom. The van der Waals surface area contributed by atoms with Gasteiger partial charge in [-0.25, -0.2) is 5.84 Å². The summed E-state index contributed by atoms with van der Waals surface area (Å²) < 4.78 is 0. The maximum atomic E-state index is 12.0. The first-order chi connectivity index (χ1) is 10.5. The molecule has 6 N–H and O–H groups in total. The Morgan fingerprint density at radius 3 is 2.50 bits per heavy atom. The highest BCUT2D eigenvalue weighted by Crippen LogP contribution is 2.19. The van der Waals surface area contributed by atoms with E-state index in [1.54, 1.807) is 12.1 Å². The van der Waals surface area contributed by atoms with Crippen molar-refractivity contribution in [3.8, 4) is 0 Å². The summed E-state index contributed by atoms with van der Waals surface area (Å²) in [6, 6.07) is 7.29. The van der Waals surface area contributed by atoms with Crippen LogP contribution in [0, 0.1) is 13.8 Å². The molecule has 0 aliphatic rings. The Kier molecular flexibility index (Phi) is 6.27. The Morgan fingerprint density at radius 1 is 1.23 bits per heavy atom. The molecule has 0 aliphatic heterocycles. The molecule has 0 radical (unpaired) electrons. The molecule has 1 heterocycles. The number of hydrogen-bond donors (Lipinski definition) is 4. The summed E-state index contributed by atoms with van der Waals surface area (Å²) in [7, 11) is 0. The molecule has 22 heavy (non-hydrogen) atoms. The van der Waals surface area contributed by atoms with E-state index in [1.165, 1.54) is 0 Å². The van der Waals surface area contributed by atoms with E-state index in [4.69, 9.17) is 11.7 Å². The Labute approximate surface area is 129 Å². The lowest BCUT2D eigenvalue weighted by Crippen LogP contribution is -2.45. The zero-order valence-corrected chi connectivity index (χ0v) is 13.3. The number of guanidine groups is 1. The molecular formula is C15H22N6O. The van der Waals surface area contributed by atoms with Crippen LogP contribution in [0.4, 0.5) is 0 Å². The van der Waals surface area contributed by atoms with Crippen molar-refractivity contribution >= 4 is 22.8 Å². The second-order valence-electron chi connectivity index (χ2n) is 4.39. The Hall–Kier alpha value is -2.67. The lowest BCUT2D eigenvalue weighted by atomic mass is 10.1. The fraction of sp³-hybridized carbons (Fsp3) is 0.267. The van der Waals surface area contributed by atoms with E-state index in [-0.39, 0.29) is 11.9 Å². The number of pyridine rings is 1. The van der Waals surface area contributed by atoms with Crippen LogP contribution in [0.1, 0.15) is 35.5 Å². The SMILES string of the molecule is CC.Cc1cc(C)c2ccc(C(=O)N/C(=N/N)NN)cc2n1. The van der Waals surface area contributed by atoms with E-state index >= 15 is 0 Å². The summed E-state index contributed by atoms with van der Waals surface area (Å²) in [6.07, 6.45) is 0. The van der Waals surface area contributed by atoms with Gasteiger partial charge in [-0.1, -0.05) is 19.9 Å². The van der Waals surface area contributed by atoms with Crippen molar-refractivity contribution in [3.05, 3.63) is 41.1 Å². The number of amides is 1. The largest absolute Gasteiger partial charge is 0.320 e. The number of rotatable bonds is 1. The fourth-order valence-corrected chi connectivity index (χ4v) is 2.00. The number of hydrogen-bond acceptors (Lipinski definition) is 5. The van der Waals surface area contributed by atoms with Gasteiger partial charge in [-0.15, -0.1) is 5.10 Å². The van der Waals surface area contributed by atoms with E-state index in [0.717, 1.165) is 22.2 Å². The molecule has 0 saturated carbocycles. The smallest absolute Gasteiger partial charge is 0.258 e. The molecule has 0 fully saturated rings. The molecule has 0 saturated heterocycles. The highest BCUT2D eigenvalue weighted by Gasteiger charge is 2.10. The number of hydrazone groups is 1. The quantitative estimate of drug-likeness (QED) is 0.274. The molecule has 118 valence electrons. The lowest BCUT2D eigenvalue weighted by Gasteiger charge is -2.08. The topological polar surface area (TPSA) is 118 Å². The minimum Gasteiger partial charge on any atom is -0.320 e. The molecule has 7 nitrogen and oxygen atoms in total. The number of hydrazine groups is 1. The Balaban J connectivity index is 0.00000116. The van der Waals surface area contributed by atoms with Crippen molar-refractivity contribution in [2.45, 2.75) is 27.7 Å². The van der Waals surface area contributed by atoms with Gasteiger partial charge in [-0.3, -0.25) is 20.5 Å². The number of aryl methyl sites for hydroxylation is 2. The number of carbonyl (C=O) groups is 1. The van der Waals surface area contributed by atoms with E-state index < -0.39 is 0 Å². The predicted molar refractivity (Wildman–Crippen MR) is 89.0 cm³/mol. The van der Waals surface area contributed by atoms with Crippen LogP contribution in [0.3, 0.4) is 0 Å². The van der Waals surface area contributed by atoms with Crippen molar-refractivity contribution < 1.29 is 4.79 Å². The summed E-state index contributed by atoms with van der Waals surface area (Å²) in [5, 5.41) is 6.76. The van der Waals surface area contributed by atoms with Crippen LogP contribution in [-0.4, -0.2) is 16.9 Å². The van der Waals surface area contributed by atoms with Gasteiger partial charge in [0, 0.05) is 16.6 Å². The molecule has 1 aromatic carbocycles. The van der Waals surface area contributed by atoms with E-state index in [2.05, 4.69) is 20.8 Å². The summed E-state index contributed by atoms with van der Waals surface area (Å²) in [6.45, 7) is 7.92. The zero-order chi connectivity index (χ0) is 16.7. The highest BCUT2D eigenvalue weighted by molar-refractivity contribution is 6.07. The van der Waals surface area contributed by atoms with Crippen LogP contribution in [-0.2, 0) is 0 Å². The van der Waals surface area contributed by atoms with Crippen molar-refractivity contribution in [2.75, 3.05) is 0 Å². The number of aromatic nitrogens is 1. The summed E-state index contributed by atoms with van der Waals surface area (Å²) >= 11 is 0. The molecule has 2 aromatic rings. The molecule has 0 bridgehead atoms. The number of fused-ring (bicyclic) bond motifs is 1. The third-order valence-corrected chi connectivity index (χ3v) is 2.90. The molecule has 1 amide bonds. The molecule has 7 heteroatoms. The van der Waals surface area contributed by atoms with E-state index in [1.807, 2.05) is 39.8 Å². The van der Waals surface area contributed by atoms with Crippen molar-refractivity contribution in [1.29, 1.82) is 0 Å². The molecule has 0 aliphatic carbocycles. The maximum absolute atomic E-state index is 12.0. The van der Waals surface area contributed by atoms with Crippen LogP contribution in [0.2, 0.25) is 0 Å². The van der Waals surface area contributed by atoms with Crippen LogP contribution in [0.25, 0.3) is 10.9 Å². The zero-order valence-electron chi connectivity index (χ0n) is 13.3. The van der Waals surface area contributed by atoms with Crippen molar-refractivity contribution in [2.24, 2.45) is 16.8 Å². The van der Waals surface area contributed by atoms with Crippen molar-refractivity contribution in [3.63, 3.8) is 0 Å².